The molecule has 1 saturated heterocycles. The van der Waals surface area contributed by atoms with E-state index in [4.69, 9.17) is 9.47 Å². The van der Waals surface area contributed by atoms with E-state index in [0.717, 1.165) is 36.0 Å². The lowest BCUT2D eigenvalue weighted by molar-refractivity contribution is 0.169. The minimum absolute atomic E-state index is 0.0176. The lowest BCUT2D eigenvalue weighted by Crippen LogP contribution is -2.38. The Kier molecular flexibility index (Phi) is 4.11. The topological polar surface area (TPSA) is 65.3 Å². The number of ether oxygens (including phenoxy) is 2. The number of piperidine rings is 1. The van der Waals surface area contributed by atoms with Crippen molar-refractivity contribution in [2.24, 2.45) is 0 Å². The van der Waals surface area contributed by atoms with Gasteiger partial charge in [-0.05, 0) is 74.8 Å². The molecule has 7 heteroatoms. The van der Waals surface area contributed by atoms with Crippen LogP contribution in [0.2, 0.25) is 0 Å². The second-order valence-electron chi connectivity index (χ2n) is 7.73. The van der Waals surface area contributed by atoms with Crippen molar-refractivity contribution in [3.8, 4) is 11.5 Å². The minimum Gasteiger partial charge on any atom is -0.454 e. The molecule has 1 atom stereocenters. The zero-order valence-corrected chi connectivity index (χ0v) is 15.1. The minimum atomic E-state index is -0.177. The summed E-state index contributed by atoms with van der Waals surface area (Å²) in [5, 5.41) is 12.7. The summed E-state index contributed by atoms with van der Waals surface area (Å²) in [6.07, 6.45) is 3.70. The molecule has 2 aliphatic heterocycles. The smallest absolute Gasteiger partial charge is 0.231 e. The second kappa shape index (κ2) is 6.29. The molecule has 0 saturated carbocycles. The summed E-state index contributed by atoms with van der Waals surface area (Å²) in [6.45, 7) is 8.76. The van der Waals surface area contributed by atoms with Gasteiger partial charge >= 0.3 is 0 Å². The fraction of sp³-hybridized carbons (Fsp3) is 0.611. The Labute approximate surface area is 147 Å². The molecule has 0 aliphatic carbocycles. The summed E-state index contributed by atoms with van der Waals surface area (Å²) in [7, 11) is 0. The van der Waals surface area contributed by atoms with Gasteiger partial charge in [-0.15, -0.1) is 5.10 Å². The van der Waals surface area contributed by atoms with Crippen molar-refractivity contribution >= 4 is 0 Å². The van der Waals surface area contributed by atoms with Gasteiger partial charge in [0.25, 0.3) is 0 Å². The number of nitrogens with zero attached hydrogens (tertiary/aromatic N) is 5. The molecule has 3 heterocycles. The largest absolute Gasteiger partial charge is 0.454 e. The summed E-state index contributed by atoms with van der Waals surface area (Å²) in [4.78, 5) is 2.48. The lowest BCUT2D eigenvalue weighted by Gasteiger charge is -2.35. The lowest BCUT2D eigenvalue weighted by atomic mass is 9.99. The molecule has 1 fully saturated rings. The van der Waals surface area contributed by atoms with E-state index in [9.17, 15) is 0 Å². The average molecular weight is 343 g/mol. The number of tetrazole rings is 1. The highest BCUT2D eigenvalue weighted by Gasteiger charge is 2.33. The quantitative estimate of drug-likeness (QED) is 0.854. The van der Waals surface area contributed by atoms with Crippen LogP contribution >= 0.6 is 0 Å². The molecule has 1 aromatic carbocycles. The summed E-state index contributed by atoms with van der Waals surface area (Å²) in [5.74, 6) is 2.49. The van der Waals surface area contributed by atoms with Gasteiger partial charge in [-0.2, -0.15) is 0 Å². The highest BCUT2D eigenvalue weighted by molar-refractivity contribution is 5.46. The van der Waals surface area contributed by atoms with Gasteiger partial charge in [-0.1, -0.05) is 12.5 Å². The van der Waals surface area contributed by atoms with Crippen LogP contribution in [0.1, 0.15) is 57.5 Å². The molecular formula is C18H25N5O2. The van der Waals surface area contributed by atoms with E-state index in [1.807, 2.05) is 10.7 Å². The fourth-order valence-electron chi connectivity index (χ4n) is 3.63. The van der Waals surface area contributed by atoms with Crippen LogP contribution in [0.15, 0.2) is 18.2 Å². The Bertz CT molecular complexity index is 746. The van der Waals surface area contributed by atoms with Gasteiger partial charge in [-0.3, -0.25) is 4.90 Å². The molecule has 25 heavy (non-hydrogen) atoms. The van der Waals surface area contributed by atoms with Gasteiger partial charge in [-0.25, -0.2) is 4.68 Å². The van der Waals surface area contributed by atoms with Crippen molar-refractivity contribution in [1.29, 1.82) is 0 Å². The molecule has 7 nitrogen and oxygen atoms in total. The molecule has 4 rings (SSSR count). The van der Waals surface area contributed by atoms with Gasteiger partial charge in [0.1, 0.15) is 0 Å². The van der Waals surface area contributed by atoms with Gasteiger partial charge in [0.05, 0.1) is 11.6 Å². The van der Waals surface area contributed by atoms with E-state index in [1.54, 1.807) is 0 Å². The summed E-state index contributed by atoms with van der Waals surface area (Å²) in [5.41, 5.74) is 0.967. The standard InChI is InChI=1S/C18H25N5O2/c1-18(2,3)23-17(19-20-21-23)16(22-9-5-4-6-10-22)13-7-8-14-15(11-13)25-12-24-14/h7-8,11,16H,4-6,9-10,12H2,1-3H3. The zero-order chi connectivity index (χ0) is 17.4. The maximum absolute atomic E-state index is 5.59. The number of benzene rings is 1. The maximum Gasteiger partial charge on any atom is 0.231 e. The van der Waals surface area contributed by atoms with Crippen molar-refractivity contribution in [3.63, 3.8) is 0 Å². The maximum atomic E-state index is 5.59. The number of rotatable bonds is 3. The normalized spacial score (nSPS) is 19.2. The van der Waals surface area contributed by atoms with Crippen LogP contribution in [-0.2, 0) is 5.54 Å². The molecule has 2 aliphatic rings. The van der Waals surface area contributed by atoms with Crippen LogP contribution in [0.4, 0.5) is 0 Å². The molecule has 1 unspecified atom stereocenters. The number of hydrogen-bond donors (Lipinski definition) is 0. The SMILES string of the molecule is CC(C)(C)n1nnnc1C(c1ccc2c(c1)OCO2)N1CCCCC1. The van der Waals surface area contributed by atoms with Gasteiger partial charge < -0.3 is 9.47 Å². The van der Waals surface area contributed by atoms with Crippen molar-refractivity contribution in [1.82, 2.24) is 25.1 Å². The van der Waals surface area contributed by atoms with Crippen LogP contribution in [0.25, 0.3) is 0 Å². The van der Waals surface area contributed by atoms with Gasteiger partial charge in [0.15, 0.2) is 17.3 Å². The van der Waals surface area contributed by atoms with Crippen LogP contribution in [0, 0.1) is 0 Å². The predicted molar refractivity (Wildman–Crippen MR) is 92.6 cm³/mol. The third-order valence-electron chi connectivity index (χ3n) is 4.84. The summed E-state index contributed by atoms with van der Waals surface area (Å²) in [6, 6.07) is 6.18. The van der Waals surface area contributed by atoms with Crippen LogP contribution in [0.5, 0.6) is 11.5 Å². The number of likely N-dealkylation sites (tertiary alicyclic amines) is 1. The number of aromatic nitrogens is 4. The van der Waals surface area contributed by atoms with E-state index < -0.39 is 0 Å². The Hall–Kier alpha value is -2.15. The molecule has 2 aromatic rings. The van der Waals surface area contributed by atoms with E-state index in [2.05, 4.69) is 53.3 Å². The predicted octanol–water partition coefficient (Wildman–Crippen LogP) is 2.73. The first-order valence-corrected chi connectivity index (χ1v) is 8.96. The highest BCUT2D eigenvalue weighted by Crippen LogP contribution is 2.38. The first-order valence-electron chi connectivity index (χ1n) is 8.96. The Balaban J connectivity index is 1.78. The second-order valence-corrected chi connectivity index (χ2v) is 7.73. The van der Waals surface area contributed by atoms with Crippen LogP contribution in [0.3, 0.4) is 0 Å². The Morgan fingerprint density at radius 1 is 1.04 bits per heavy atom. The highest BCUT2D eigenvalue weighted by atomic mass is 16.7. The van der Waals surface area contributed by atoms with Gasteiger partial charge in [0, 0.05) is 0 Å². The third kappa shape index (κ3) is 3.08. The van der Waals surface area contributed by atoms with Crippen molar-refractivity contribution in [2.45, 2.75) is 51.6 Å². The van der Waals surface area contributed by atoms with Crippen LogP contribution < -0.4 is 9.47 Å². The summed E-state index contributed by atoms with van der Waals surface area (Å²) >= 11 is 0. The monoisotopic (exact) mass is 343 g/mol. The first kappa shape index (κ1) is 16.3. The molecule has 0 N–H and O–H groups in total. The van der Waals surface area contributed by atoms with E-state index in [1.165, 1.54) is 19.3 Å². The van der Waals surface area contributed by atoms with Gasteiger partial charge in [0.2, 0.25) is 6.79 Å². The van der Waals surface area contributed by atoms with E-state index in [-0.39, 0.29) is 18.4 Å². The molecule has 0 radical (unpaired) electrons. The van der Waals surface area contributed by atoms with Crippen molar-refractivity contribution in [2.75, 3.05) is 19.9 Å². The van der Waals surface area contributed by atoms with E-state index in [0.29, 0.717) is 0 Å². The van der Waals surface area contributed by atoms with E-state index >= 15 is 0 Å². The van der Waals surface area contributed by atoms with Crippen molar-refractivity contribution in [3.05, 3.63) is 29.6 Å². The Morgan fingerprint density at radius 3 is 2.56 bits per heavy atom. The fourth-order valence-corrected chi connectivity index (χ4v) is 3.63. The summed E-state index contributed by atoms with van der Waals surface area (Å²) < 4.78 is 13.0. The molecule has 0 spiro atoms. The molecule has 134 valence electrons. The Morgan fingerprint density at radius 2 is 1.80 bits per heavy atom. The average Bonchev–Trinajstić information content (AvgIpc) is 3.24. The third-order valence-corrected chi connectivity index (χ3v) is 4.84. The first-order chi connectivity index (χ1) is 12.0. The molecule has 0 bridgehead atoms. The molecule has 0 amide bonds. The van der Waals surface area contributed by atoms with Crippen LogP contribution in [-0.4, -0.2) is 45.0 Å². The molecular weight excluding hydrogens is 318 g/mol. The molecule has 1 aromatic heterocycles. The number of fused-ring (bicyclic) bond motifs is 1. The van der Waals surface area contributed by atoms with Crippen molar-refractivity contribution < 1.29 is 9.47 Å². The zero-order valence-electron chi connectivity index (χ0n) is 15.1. The number of hydrogen-bond acceptors (Lipinski definition) is 6.